The van der Waals surface area contributed by atoms with Crippen LogP contribution in [0.15, 0.2) is 60.7 Å². The Bertz CT molecular complexity index is 708. The number of hydrogen-bond donors (Lipinski definition) is 1. The quantitative estimate of drug-likeness (QED) is 0.656. The summed E-state index contributed by atoms with van der Waals surface area (Å²) in [5.74, 6) is 0. The van der Waals surface area contributed by atoms with Gasteiger partial charge < -0.3 is 14.4 Å². The molecule has 1 fully saturated rings. The van der Waals surface area contributed by atoms with Gasteiger partial charge >= 0.3 is 18.8 Å². The van der Waals surface area contributed by atoms with E-state index < -0.39 is 18.8 Å². The summed E-state index contributed by atoms with van der Waals surface area (Å²) in [6.45, 7) is -0.396. The minimum atomic E-state index is -4.87. The molecule has 0 saturated heterocycles. The van der Waals surface area contributed by atoms with E-state index >= 15 is 0 Å². The summed E-state index contributed by atoms with van der Waals surface area (Å²) in [6, 6.07) is 17.2. The molecule has 144 valence electrons. The number of ether oxygens (including phenoxy) is 2. The van der Waals surface area contributed by atoms with E-state index in [1.165, 1.54) is 25.7 Å². The molecule has 1 saturated carbocycles. The number of hydrogen-bond acceptors (Lipinski definition) is 5. The van der Waals surface area contributed by atoms with Gasteiger partial charge in [-0.15, -0.1) is 0 Å². The second-order valence-electron chi connectivity index (χ2n) is 6.07. The average Bonchev–Trinajstić information content (AvgIpc) is 2.64. The van der Waals surface area contributed by atoms with Crippen LogP contribution in [0.25, 0.3) is 0 Å². The summed E-state index contributed by atoms with van der Waals surface area (Å²) in [4.78, 5) is 32.9. The van der Waals surface area contributed by atoms with Crippen LogP contribution >= 0.6 is 7.37 Å². The van der Waals surface area contributed by atoms with Crippen molar-refractivity contribution in [2.75, 3.05) is 0 Å². The minimum absolute atomic E-state index is 0.198. The number of carbonyl (C=O) groups is 2. The largest absolute Gasteiger partial charge is 0.453 e. The van der Waals surface area contributed by atoms with Crippen molar-refractivity contribution in [1.29, 1.82) is 0 Å². The van der Waals surface area contributed by atoms with Crippen LogP contribution in [0.3, 0.4) is 0 Å². The Labute approximate surface area is 158 Å². The van der Waals surface area contributed by atoms with Crippen LogP contribution in [0, 0.1) is 0 Å². The van der Waals surface area contributed by atoms with Crippen molar-refractivity contribution in [2.24, 2.45) is 0 Å². The third kappa shape index (κ3) is 7.00. The van der Waals surface area contributed by atoms with Gasteiger partial charge in [-0.2, -0.15) is 0 Å². The summed E-state index contributed by atoms with van der Waals surface area (Å²) in [6.07, 6.45) is 6.00. The van der Waals surface area contributed by atoms with E-state index in [-0.39, 0.29) is 13.2 Å². The molecule has 0 amide bonds. The van der Waals surface area contributed by atoms with E-state index in [0.29, 0.717) is 11.1 Å². The minimum Gasteiger partial charge on any atom is -0.453 e. The first-order chi connectivity index (χ1) is 13.0. The summed E-state index contributed by atoms with van der Waals surface area (Å²) < 4.78 is 21.3. The van der Waals surface area contributed by atoms with Crippen molar-refractivity contribution in [1.82, 2.24) is 0 Å². The molecule has 0 aliphatic heterocycles. The van der Waals surface area contributed by atoms with Gasteiger partial charge in [-0.05, 0) is 11.1 Å². The first kappa shape index (κ1) is 20.9. The number of carbonyl (C=O) groups excluding carboxylic acids is 2. The fraction of sp³-hybridized carbons (Fsp3) is 0.300. The van der Waals surface area contributed by atoms with Gasteiger partial charge in [0.2, 0.25) is 0 Å². The Balaban J connectivity index is 0.000000576. The Morgan fingerprint density at radius 3 is 1.37 bits per heavy atom. The number of rotatable bonds is 6. The zero-order chi connectivity index (χ0) is 19.5. The first-order valence-electron chi connectivity index (χ1n) is 8.75. The van der Waals surface area contributed by atoms with Gasteiger partial charge in [-0.3, -0.25) is 4.57 Å². The predicted molar refractivity (Wildman–Crippen MR) is 102 cm³/mol. The Kier molecular flexibility index (Phi) is 8.24. The highest BCUT2D eigenvalue weighted by Crippen LogP contribution is 2.45. The lowest BCUT2D eigenvalue weighted by Crippen LogP contribution is -2.12. The zero-order valence-electron chi connectivity index (χ0n) is 15.0. The van der Waals surface area contributed by atoms with E-state index in [1.807, 2.05) is 0 Å². The SMILES string of the molecule is C1CCC1.O=C(OCc1ccccc1)P(=O)(O)C(=O)OCc1ccccc1. The molecule has 6 nitrogen and oxygen atoms in total. The van der Waals surface area contributed by atoms with Gasteiger partial charge in [0.25, 0.3) is 0 Å². The lowest BCUT2D eigenvalue weighted by Gasteiger charge is -2.11. The van der Waals surface area contributed by atoms with Gasteiger partial charge in [-0.1, -0.05) is 86.3 Å². The Morgan fingerprint density at radius 2 is 1.07 bits per heavy atom. The molecule has 27 heavy (non-hydrogen) atoms. The van der Waals surface area contributed by atoms with Gasteiger partial charge in [0.15, 0.2) is 0 Å². The molecular weight excluding hydrogens is 367 g/mol. The summed E-state index contributed by atoms with van der Waals surface area (Å²) in [5.41, 5.74) is -1.70. The highest BCUT2D eigenvalue weighted by Gasteiger charge is 2.42. The van der Waals surface area contributed by atoms with Crippen LogP contribution in [0.1, 0.15) is 36.8 Å². The average molecular weight is 390 g/mol. The summed E-state index contributed by atoms with van der Waals surface area (Å²) in [7, 11) is -4.87. The first-order valence-corrected chi connectivity index (χ1v) is 10.4. The van der Waals surface area contributed by atoms with E-state index in [2.05, 4.69) is 0 Å². The molecule has 2 aromatic carbocycles. The Morgan fingerprint density at radius 1 is 0.741 bits per heavy atom. The van der Waals surface area contributed by atoms with Crippen molar-refractivity contribution in [3.8, 4) is 0 Å². The lowest BCUT2D eigenvalue weighted by molar-refractivity contribution is 0.151. The normalized spacial score (nSPS) is 12.8. The molecule has 7 heteroatoms. The van der Waals surface area contributed by atoms with Gasteiger partial charge in [0.05, 0.1) is 0 Å². The number of benzene rings is 2. The van der Waals surface area contributed by atoms with Crippen LogP contribution in [0.4, 0.5) is 9.59 Å². The fourth-order valence-electron chi connectivity index (χ4n) is 1.94. The van der Waals surface area contributed by atoms with E-state index in [4.69, 9.17) is 9.47 Å². The summed E-state index contributed by atoms with van der Waals surface area (Å²) in [5, 5.41) is 0. The maximum Gasteiger partial charge on any atom is 0.411 e. The molecular formula is C20H23O6P. The van der Waals surface area contributed by atoms with Crippen molar-refractivity contribution >= 4 is 18.8 Å². The summed E-state index contributed by atoms with van der Waals surface area (Å²) >= 11 is 0. The third-order valence-electron chi connectivity index (χ3n) is 3.91. The molecule has 0 bridgehead atoms. The molecule has 0 spiro atoms. The lowest BCUT2D eigenvalue weighted by atomic mass is 10.0. The van der Waals surface area contributed by atoms with Gasteiger partial charge in [0.1, 0.15) is 13.2 Å². The topological polar surface area (TPSA) is 89.9 Å². The third-order valence-corrected chi connectivity index (χ3v) is 5.15. The molecule has 3 rings (SSSR count). The zero-order valence-corrected chi connectivity index (χ0v) is 15.8. The van der Waals surface area contributed by atoms with Gasteiger partial charge in [-0.25, -0.2) is 9.59 Å². The van der Waals surface area contributed by atoms with Crippen molar-refractivity contribution in [3.05, 3.63) is 71.8 Å². The van der Waals surface area contributed by atoms with Gasteiger partial charge in [0, 0.05) is 0 Å². The van der Waals surface area contributed by atoms with Crippen LogP contribution in [-0.4, -0.2) is 16.3 Å². The van der Waals surface area contributed by atoms with E-state index in [1.54, 1.807) is 60.7 Å². The van der Waals surface area contributed by atoms with Crippen molar-refractivity contribution in [3.63, 3.8) is 0 Å². The maximum absolute atomic E-state index is 11.9. The monoisotopic (exact) mass is 390 g/mol. The highest BCUT2D eigenvalue weighted by atomic mass is 31.2. The molecule has 1 aliphatic carbocycles. The van der Waals surface area contributed by atoms with E-state index in [0.717, 1.165) is 0 Å². The molecule has 2 aromatic rings. The van der Waals surface area contributed by atoms with Crippen molar-refractivity contribution in [2.45, 2.75) is 38.9 Å². The molecule has 0 atom stereocenters. The van der Waals surface area contributed by atoms with Crippen LogP contribution < -0.4 is 0 Å². The van der Waals surface area contributed by atoms with Crippen LogP contribution in [0.2, 0.25) is 0 Å². The highest BCUT2D eigenvalue weighted by molar-refractivity contribution is 7.88. The second kappa shape index (κ2) is 10.7. The molecule has 1 aliphatic rings. The maximum atomic E-state index is 11.9. The van der Waals surface area contributed by atoms with Crippen LogP contribution in [-0.2, 0) is 27.3 Å². The van der Waals surface area contributed by atoms with E-state index in [9.17, 15) is 19.0 Å². The Hall–Kier alpha value is -2.43. The standard InChI is InChI=1S/C16H15O6P.C4H8/c17-15(21-11-13-7-3-1-4-8-13)23(19,20)16(18)22-12-14-9-5-2-6-10-14;1-2-4-3-1/h1-10H,11-12H2,(H,19,20);1-4H2. The molecule has 0 aromatic heterocycles. The predicted octanol–water partition coefficient (Wildman–Crippen LogP) is 5.49. The smallest absolute Gasteiger partial charge is 0.411 e. The second-order valence-corrected chi connectivity index (χ2v) is 7.95. The fourth-order valence-corrected chi connectivity index (χ4v) is 2.57. The van der Waals surface area contributed by atoms with Crippen LogP contribution in [0.5, 0.6) is 0 Å². The molecule has 0 radical (unpaired) electrons. The van der Waals surface area contributed by atoms with Crippen molar-refractivity contribution < 1.29 is 28.5 Å². The molecule has 1 N–H and O–H groups in total. The molecule has 0 unspecified atom stereocenters. The molecule has 0 heterocycles.